The zero-order valence-corrected chi connectivity index (χ0v) is 13.7. The van der Waals surface area contributed by atoms with Gasteiger partial charge in [0.15, 0.2) is 0 Å². The number of aliphatic hydroxyl groups is 1. The topological polar surface area (TPSA) is 86.5 Å². The van der Waals surface area contributed by atoms with Crippen molar-refractivity contribution in [1.82, 2.24) is 9.88 Å². The number of hydrogen-bond acceptors (Lipinski definition) is 4. The second-order valence-corrected chi connectivity index (χ2v) is 6.40. The maximum Gasteiger partial charge on any atom is 0.261 e. The van der Waals surface area contributed by atoms with Gasteiger partial charge in [-0.15, -0.1) is 0 Å². The summed E-state index contributed by atoms with van der Waals surface area (Å²) < 4.78 is 5.25. The van der Waals surface area contributed by atoms with Crippen LogP contribution >= 0.6 is 0 Å². The summed E-state index contributed by atoms with van der Waals surface area (Å²) >= 11 is 0. The first kappa shape index (κ1) is 16.5. The molecule has 1 aliphatic rings. The number of likely N-dealkylation sites (tertiary alicyclic amines) is 1. The summed E-state index contributed by atoms with van der Waals surface area (Å²) in [4.78, 5) is 29.3. The number of H-pyrrole nitrogens is 1. The van der Waals surface area contributed by atoms with E-state index in [-0.39, 0.29) is 23.5 Å². The van der Waals surface area contributed by atoms with Crippen molar-refractivity contribution in [2.75, 3.05) is 19.7 Å². The average Bonchev–Trinajstić information content (AvgIpc) is 3.16. The van der Waals surface area contributed by atoms with E-state index in [0.717, 1.165) is 19.3 Å². The van der Waals surface area contributed by atoms with E-state index in [1.54, 1.807) is 29.2 Å². The van der Waals surface area contributed by atoms with Crippen LogP contribution in [0.5, 0.6) is 0 Å². The number of rotatable bonds is 4. The molecule has 128 valence electrons. The van der Waals surface area contributed by atoms with Crippen LogP contribution in [0, 0.1) is 5.41 Å². The van der Waals surface area contributed by atoms with Crippen LogP contribution in [0.3, 0.4) is 0 Å². The summed E-state index contributed by atoms with van der Waals surface area (Å²) in [6.07, 6.45) is 3.94. The van der Waals surface area contributed by atoms with Crippen LogP contribution in [-0.4, -0.2) is 40.6 Å². The SMILES string of the molecule is CCC1(CO)CCN(C(=O)c2ccc(-c3ccco3)[nH]c2=O)CC1. The van der Waals surface area contributed by atoms with Crippen LogP contribution in [0.1, 0.15) is 36.5 Å². The Morgan fingerprint density at radius 3 is 2.62 bits per heavy atom. The first-order valence-corrected chi connectivity index (χ1v) is 8.26. The Kier molecular flexibility index (Phi) is 4.57. The molecule has 0 bridgehead atoms. The molecule has 6 nitrogen and oxygen atoms in total. The Labute approximate surface area is 140 Å². The van der Waals surface area contributed by atoms with E-state index in [1.807, 2.05) is 0 Å². The van der Waals surface area contributed by atoms with Gasteiger partial charge >= 0.3 is 0 Å². The smallest absolute Gasteiger partial charge is 0.261 e. The second kappa shape index (κ2) is 6.65. The molecule has 1 fully saturated rings. The van der Waals surface area contributed by atoms with Gasteiger partial charge in [-0.1, -0.05) is 6.92 Å². The lowest BCUT2D eigenvalue weighted by Gasteiger charge is -2.40. The molecule has 2 aromatic rings. The standard InChI is InChI=1S/C18H22N2O4/c1-2-18(12-21)7-9-20(10-8-18)17(23)13-5-6-14(19-16(13)22)15-4-3-11-24-15/h3-6,11,21H,2,7-10,12H2,1H3,(H,19,22). The predicted molar refractivity (Wildman–Crippen MR) is 89.7 cm³/mol. The highest BCUT2D eigenvalue weighted by Crippen LogP contribution is 2.34. The van der Waals surface area contributed by atoms with Gasteiger partial charge in [-0.2, -0.15) is 0 Å². The lowest BCUT2D eigenvalue weighted by molar-refractivity contribution is 0.0337. The van der Waals surface area contributed by atoms with Gasteiger partial charge in [0, 0.05) is 19.7 Å². The third-order valence-electron chi connectivity index (χ3n) is 5.12. The Morgan fingerprint density at radius 1 is 1.33 bits per heavy atom. The molecule has 1 saturated heterocycles. The molecule has 0 saturated carbocycles. The molecule has 1 aliphatic heterocycles. The summed E-state index contributed by atoms with van der Waals surface area (Å²) in [5.41, 5.74) is 0.180. The van der Waals surface area contributed by atoms with E-state index < -0.39 is 5.56 Å². The Hall–Kier alpha value is -2.34. The van der Waals surface area contributed by atoms with Gasteiger partial charge in [-0.25, -0.2) is 0 Å². The molecule has 0 aliphatic carbocycles. The molecule has 2 aromatic heterocycles. The molecule has 24 heavy (non-hydrogen) atoms. The number of amides is 1. The lowest BCUT2D eigenvalue weighted by Crippen LogP contribution is -2.45. The fourth-order valence-corrected chi connectivity index (χ4v) is 3.20. The summed E-state index contributed by atoms with van der Waals surface area (Å²) in [7, 11) is 0. The number of aromatic amines is 1. The minimum atomic E-state index is -0.414. The molecule has 0 spiro atoms. The van der Waals surface area contributed by atoms with Gasteiger partial charge in [0.2, 0.25) is 0 Å². The number of carbonyl (C=O) groups is 1. The van der Waals surface area contributed by atoms with Crippen molar-refractivity contribution in [2.24, 2.45) is 5.41 Å². The molecule has 0 aromatic carbocycles. The number of pyridine rings is 1. The Morgan fingerprint density at radius 2 is 2.08 bits per heavy atom. The number of furan rings is 1. The quantitative estimate of drug-likeness (QED) is 0.900. The highest BCUT2D eigenvalue weighted by atomic mass is 16.3. The van der Waals surface area contributed by atoms with E-state index >= 15 is 0 Å². The Bertz CT molecular complexity index is 750. The first-order valence-electron chi connectivity index (χ1n) is 8.26. The fourth-order valence-electron chi connectivity index (χ4n) is 3.20. The van der Waals surface area contributed by atoms with Crippen molar-refractivity contribution < 1.29 is 14.3 Å². The molecule has 3 rings (SSSR count). The first-order chi connectivity index (χ1) is 11.6. The molecular weight excluding hydrogens is 308 g/mol. The van der Waals surface area contributed by atoms with Gasteiger partial charge in [0.1, 0.15) is 11.3 Å². The highest BCUT2D eigenvalue weighted by Gasteiger charge is 2.34. The van der Waals surface area contributed by atoms with E-state index in [0.29, 0.717) is 24.5 Å². The van der Waals surface area contributed by atoms with Crippen molar-refractivity contribution in [1.29, 1.82) is 0 Å². The van der Waals surface area contributed by atoms with E-state index in [4.69, 9.17) is 4.42 Å². The average molecular weight is 330 g/mol. The number of piperidine rings is 1. The zero-order chi connectivity index (χ0) is 17.2. The summed E-state index contributed by atoms with van der Waals surface area (Å²) in [5.74, 6) is 0.296. The van der Waals surface area contributed by atoms with E-state index in [9.17, 15) is 14.7 Å². The zero-order valence-electron chi connectivity index (χ0n) is 13.7. The summed E-state index contributed by atoms with van der Waals surface area (Å²) in [6.45, 7) is 3.33. The van der Waals surface area contributed by atoms with Crippen molar-refractivity contribution in [2.45, 2.75) is 26.2 Å². The van der Waals surface area contributed by atoms with Crippen molar-refractivity contribution in [3.63, 3.8) is 0 Å². The van der Waals surface area contributed by atoms with Crippen LogP contribution in [0.25, 0.3) is 11.5 Å². The van der Waals surface area contributed by atoms with Gasteiger partial charge in [-0.05, 0) is 48.9 Å². The number of nitrogens with one attached hydrogen (secondary N) is 1. The van der Waals surface area contributed by atoms with Crippen LogP contribution < -0.4 is 5.56 Å². The van der Waals surface area contributed by atoms with E-state index in [2.05, 4.69) is 11.9 Å². The van der Waals surface area contributed by atoms with Gasteiger partial charge in [0.25, 0.3) is 11.5 Å². The van der Waals surface area contributed by atoms with Crippen molar-refractivity contribution in [3.8, 4) is 11.5 Å². The third-order valence-corrected chi connectivity index (χ3v) is 5.12. The van der Waals surface area contributed by atoms with E-state index in [1.165, 1.54) is 6.26 Å². The molecule has 6 heteroatoms. The Balaban J connectivity index is 1.76. The molecule has 1 amide bonds. The van der Waals surface area contributed by atoms with Crippen LogP contribution in [0.2, 0.25) is 0 Å². The van der Waals surface area contributed by atoms with Crippen LogP contribution in [-0.2, 0) is 0 Å². The minimum Gasteiger partial charge on any atom is -0.463 e. The van der Waals surface area contributed by atoms with Crippen LogP contribution in [0.15, 0.2) is 39.7 Å². The number of hydrogen-bond donors (Lipinski definition) is 2. The minimum absolute atomic E-state index is 0.0909. The maximum absolute atomic E-state index is 12.6. The lowest BCUT2D eigenvalue weighted by atomic mass is 9.77. The van der Waals surface area contributed by atoms with Crippen LogP contribution in [0.4, 0.5) is 0 Å². The monoisotopic (exact) mass is 330 g/mol. The van der Waals surface area contributed by atoms with Crippen molar-refractivity contribution in [3.05, 3.63) is 46.4 Å². The fraction of sp³-hybridized carbons (Fsp3) is 0.444. The largest absolute Gasteiger partial charge is 0.463 e. The molecular formula is C18H22N2O4. The predicted octanol–water partition coefficient (Wildman–Crippen LogP) is 2.26. The number of aliphatic hydroxyl groups excluding tert-OH is 1. The number of nitrogens with zero attached hydrogens (tertiary/aromatic N) is 1. The van der Waals surface area contributed by atoms with Crippen molar-refractivity contribution >= 4 is 5.91 Å². The van der Waals surface area contributed by atoms with Gasteiger partial charge in [0.05, 0.1) is 12.0 Å². The third kappa shape index (κ3) is 3.01. The molecule has 0 atom stereocenters. The molecule has 2 N–H and O–H groups in total. The second-order valence-electron chi connectivity index (χ2n) is 6.40. The van der Waals surface area contributed by atoms with Gasteiger partial charge in [-0.3, -0.25) is 9.59 Å². The molecule has 0 radical (unpaired) electrons. The highest BCUT2D eigenvalue weighted by molar-refractivity contribution is 5.94. The summed E-state index contributed by atoms with van der Waals surface area (Å²) in [6, 6.07) is 6.71. The molecule has 0 unspecified atom stereocenters. The maximum atomic E-state index is 12.6. The van der Waals surface area contributed by atoms with Gasteiger partial charge < -0.3 is 19.4 Å². The number of aromatic nitrogens is 1. The summed E-state index contributed by atoms with van der Waals surface area (Å²) in [5, 5.41) is 9.58. The normalized spacial score (nSPS) is 17.0. The molecule has 3 heterocycles. The number of carbonyl (C=O) groups excluding carboxylic acids is 1.